The first-order chi connectivity index (χ1) is 5.25. The average molecular weight is 173 g/mol. The Balaban J connectivity index is 2.70. The van der Waals surface area contributed by atoms with Crippen LogP contribution in [-0.2, 0) is 0 Å². The Kier molecular flexibility index (Phi) is 2.37. The van der Waals surface area contributed by atoms with Crippen LogP contribution in [0.1, 0.15) is 6.92 Å². The molecule has 0 aromatic rings. The number of hydrazine groups is 1. The minimum absolute atomic E-state index is 0.476. The van der Waals surface area contributed by atoms with Gasteiger partial charge in [0.2, 0.25) is 0 Å². The predicted octanol–water partition coefficient (Wildman–Crippen LogP) is 1.06. The molecule has 1 rings (SSSR count). The van der Waals surface area contributed by atoms with E-state index in [-0.39, 0.29) is 0 Å². The lowest BCUT2D eigenvalue weighted by Gasteiger charge is -2.03. The van der Waals surface area contributed by atoms with E-state index in [0.717, 1.165) is 16.5 Å². The van der Waals surface area contributed by atoms with Crippen LogP contribution in [0.4, 0.5) is 0 Å². The molecule has 1 N–H and O–H groups in total. The van der Waals surface area contributed by atoms with Crippen LogP contribution in [0.2, 0.25) is 0 Å². The van der Waals surface area contributed by atoms with Crippen molar-refractivity contribution in [2.45, 2.75) is 6.92 Å². The van der Waals surface area contributed by atoms with Gasteiger partial charge in [0.05, 0.1) is 0 Å². The van der Waals surface area contributed by atoms with E-state index in [9.17, 15) is 10.1 Å². The highest BCUT2D eigenvalue weighted by molar-refractivity contribution is 7.95. The van der Waals surface area contributed by atoms with Crippen molar-refractivity contribution in [3.63, 3.8) is 0 Å². The Hall–Kier alpha value is -1.17. The van der Waals surface area contributed by atoms with Crippen molar-refractivity contribution < 1.29 is 5.03 Å². The standard InChI is InChI=1S/C5H7N3O2S/c1-2-3-5-4-6-11-7(5)8(9)10/h2-4,6H,1H3/b3-2+. The van der Waals surface area contributed by atoms with Gasteiger partial charge in [0.15, 0.2) is 5.03 Å². The van der Waals surface area contributed by atoms with E-state index in [1.807, 2.05) is 6.92 Å². The second-order valence-corrected chi connectivity index (χ2v) is 2.55. The Bertz CT molecular complexity index is 226. The molecule has 0 unspecified atom stereocenters. The summed E-state index contributed by atoms with van der Waals surface area (Å²) in [4.78, 5) is 10.3. The molecule has 60 valence electrons. The lowest BCUT2D eigenvalue weighted by atomic mass is 10.4. The Morgan fingerprint density at radius 3 is 3.18 bits per heavy atom. The highest BCUT2D eigenvalue weighted by Crippen LogP contribution is 2.20. The third-order valence-electron chi connectivity index (χ3n) is 1.05. The van der Waals surface area contributed by atoms with Gasteiger partial charge >= 0.3 is 0 Å². The number of nitrogens with zero attached hydrogens (tertiary/aromatic N) is 2. The van der Waals surface area contributed by atoms with Crippen molar-refractivity contribution in [1.29, 1.82) is 0 Å². The molecular weight excluding hydrogens is 166 g/mol. The molecule has 1 aliphatic rings. The highest BCUT2D eigenvalue weighted by atomic mass is 32.2. The maximum Gasteiger partial charge on any atom is 0.178 e. The maximum absolute atomic E-state index is 10.3. The Labute approximate surface area is 68.1 Å². The molecule has 0 spiro atoms. The third-order valence-corrected chi connectivity index (χ3v) is 1.79. The fourth-order valence-corrected chi connectivity index (χ4v) is 1.21. The summed E-state index contributed by atoms with van der Waals surface area (Å²) >= 11 is 0.939. The van der Waals surface area contributed by atoms with Crippen molar-refractivity contribution in [1.82, 2.24) is 9.14 Å². The van der Waals surface area contributed by atoms with Crippen molar-refractivity contribution >= 4 is 12.1 Å². The van der Waals surface area contributed by atoms with E-state index in [4.69, 9.17) is 0 Å². The fourth-order valence-electron chi connectivity index (χ4n) is 0.655. The molecule has 0 amide bonds. The topological polar surface area (TPSA) is 58.4 Å². The lowest BCUT2D eigenvalue weighted by Crippen LogP contribution is -2.18. The summed E-state index contributed by atoms with van der Waals surface area (Å²) in [6, 6.07) is 0. The quantitative estimate of drug-likeness (QED) is 0.384. The van der Waals surface area contributed by atoms with Crippen molar-refractivity contribution in [2.24, 2.45) is 0 Å². The van der Waals surface area contributed by atoms with E-state index in [1.165, 1.54) is 0 Å². The maximum atomic E-state index is 10.3. The van der Waals surface area contributed by atoms with Crippen LogP contribution in [-0.4, -0.2) is 9.45 Å². The smallest absolute Gasteiger partial charge is 0.178 e. The first kappa shape index (κ1) is 7.93. The van der Waals surface area contributed by atoms with E-state index in [2.05, 4.69) is 4.72 Å². The number of nitro groups is 1. The molecule has 0 radical (unpaired) electrons. The van der Waals surface area contributed by atoms with Gasteiger partial charge in [0.1, 0.15) is 17.8 Å². The van der Waals surface area contributed by atoms with Gasteiger partial charge in [-0.15, -0.1) is 0 Å². The van der Waals surface area contributed by atoms with Crippen LogP contribution in [0.5, 0.6) is 0 Å². The number of allylic oxidation sites excluding steroid dienone is 2. The van der Waals surface area contributed by atoms with Crippen LogP contribution >= 0.6 is 12.1 Å². The third kappa shape index (κ3) is 1.64. The Morgan fingerprint density at radius 1 is 1.91 bits per heavy atom. The van der Waals surface area contributed by atoms with Gasteiger partial charge in [-0.05, 0) is 17.4 Å². The number of nitrogens with one attached hydrogen (secondary N) is 1. The van der Waals surface area contributed by atoms with Crippen molar-refractivity contribution in [3.8, 4) is 0 Å². The van der Waals surface area contributed by atoms with E-state index in [1.54, 1.807) is 18.4 Å². The van der Waals surface area contributed by atoms with Gasteiger partial charge < -0.3 is 4.72 Å². The SMILES string of the molecule is C/C=C/C1=CNSN1[N+](=O)[O-]. The van der Waals surface area contributed by atoms with E-state index >= 15 is 0 Å². The summed E-state index contributed by atoms with van der Waals surface area (Å²) in [5.74, 6) is 0. The molecule has 0 aromatic carbocycles. The van der Waals surface area contributed by atoms with Gasteiger partial charge in [-0.2, -0.15) is 0 Å². The monoisotopic (exact) mass is 173 g/mol. The number of hydrogen-bond acceptors (Lipinski definition) is 4. The van der Waals surface area contributed by atoms with Crippen molar-refractivity contribution in [2.75, 3.05) is 0 Å². The number of hydrogen-bond donors (Lipinski definition) is 1. The molecule has 0 aromatic heterocycles. The van der Waals surface area contributed by atoms with Gasteiger partial charge in [0, 0.05) is 6.20 Å². The summed E-state index contributed by atoms with van der Waals surface area (Å²) in [5, 5.41) is 9.81. The summed E-state index contributed by atoms with van der Waals surface area (Å²) in [5.41, 5.74) is 0.544. The highest BCUT2D eigenvalue weighted by Gasteiger charge is 2.23. The molecule has 0 atom stereocenters. The van der Waals surface area contributed by atoms with Crippen molar-refractivity contribution in [3.05, 3.63) is 34.2 Å². The zero-order valence-electron chi connectivity index (χ0n) is 5.85. The summed E-state index contributed by atoms with van der Waals surface area (Å²) in [6.45, 7) is 1.81. The van der Waals surface area contributed by atoms with Crippen LogP contribution < -0.4 is 4.72 Å². The van der Waals surface area contributed by atoms with Crippen LogP contribution in [0.3, 0.4) is 0 Å². The first-order valence-electron chi connectivity index (χ1n) is 2.95. The second-order valence-electron chi connectivity index (χ2n) is 1.79. The van der Waals surface area contributed by atoms with Crippen LogP contribution in [0.15, 0.2) is 24.0 Å². The fraction of sp³-hybridized carbons (Fsp3) is 0.200. The zero-order valence-corrected chi connectivity index (χ0v) is 6.67. The first-order valence-corrected chi connectivity index (χ1v) is 3.73. The van der Waals surface area contributed by atoms with Gasteiger partial charge in [0.25, 0.3) is 0 Å². The molecule has 6 heteroatoms. The molecule has 1 aliphatic heterocycles. The number of rotatable bonds is 2. The van der Waals surface area contributed by atoms with Gasteiger partial charge in [-0.3, -0.25) is 0 Å². The minimum atomic E-state index is -0.476. The molecule has 5 nitrogen and oxygen atoms in total. The van der Waals surface area contributed by atoms with Crippen LogP contribution in [0.25, 0.3) is 0 Å². The molecule has 0 fully saturated rings. The molecule has 1 heterocycles. The predicted molar refractivity (Wildman–Crippen MR) is 42.5 cm³/mol. The average Bonchev–Trinajstić information content (AvgIpc) is 2.36. The summed E-state index contributed by atoms with van der Waals surface area (Å²) < 4.78 is 3.63. The molecule has 0 bridgehead atoms. The van der Waals surface area contributed by atoms with E-state index < -0.39 is 5.03 Å². The summed E-state index contributed by atoms with van der Waals surface area (Å²) in [7, 11) is 0. The molecule has 0 aliphatic carbocycles. The lowest BCUT2D eigenvalue weighted by molar-refractivity contribution is -0.604. The molecule has 0 saturated heterocycles. The Morgan fingerprint density at radius 2 is 2.64 bits per heavy atom. The molecule has 0 saturated carbocycles. The largest absolute Gasteiger partial charge is 0.312 e. The molecule has 11 heavy (non-hydrogen) atoms. The molecular formula is C5H7N3O2S. The van der Waals surface area contributed by atoms with Gasteiger partial charge in [-0.1, -0.05) is 6.08 Å². The van der Waals surface area contributed by atoms with Crippen LogP contribution in [0, 0.1) is 10.1 Å². The second kappa shape index (κ2) is 3.29. The minimum Gasteiger partial charge on any atom is -0.312 e. The zero-order chi connectivity index (χ0) is 8.27. The van der Waals surface area contributed by atoms with Gasteiger partial charge in [-0.25, -0.2) is 10.1 Å². The summed E-state index contributed by atoms with van der Waals surface area (Å²) in [6.07, 6.45) is 4.99. The van der Waals surface area contributed by atoms with E-state index in [0.29, 0.717) is 5.70 Å². The normalized spacial score (nSPS) is 16.8.